The number of benzene rings is 2. The molecule has 132 valence electrons. The van der Waals surface area contributed by atoms with Crippen molar-refractivity contribution in [2.75, 3.05) is 10.6 Å². The average molecular weight is 365 g/mol. The van der Waals surface area contributed by atoms with E-state index in [2.05, 4.69) is 10.6 Å². The number of halogens is 2. The van der Waals surface area contributed by atoms with Crippen LogP contribution in [0, 0.1) is 5.82 Å². The van der Waals surface area contributed by atoms with Gasteiger partial charge in [-0.1, -0.05) is 23.7 Å². The van der Waals surface area contributed by atoms with E-state index in [0.29, 0.717) is 10.7 Å². The number of hydrogen-bond acceptors (Lipinski definition) is 3. The van der Waals surface area contributed by atoms with E-state index in [1.165, 1.54) is 12.1 Å². The molecule has 0 aromatic heterocycles. The zero-order chi connectivity index (χ0) is 18.6. The van der Waals surface area contributed by atoms with Gasteiger partial charge in [-0.05, 0) is 51.1 Å². The van der Waals surface area contributed by atoms with Gasteiger partial charge >= 0.3 is 6.09 Å². The molecule has 2 aromatic carbocycles. The van der Waals surface area contributed by atoms with Crippen LogP contribution in [0.2, 0.25) is 5.02 Å². The van der Waals surface area contributed by atoms with E-state index in [4.69, 9.17) is 16.3 Å². The first-order valence-electron chi connectivity index (χ1n) is 7.51. The van der Waals surface area contributed by atoms with Crippen molar-refractivity contribution in [2.45, 2.75) is 26.4 Å². The minimum absolute atomic E-state index is 0.105. The van der Waals surface area contributed by atoms with Crippen molar-refractivity contribution in [3.8, 4) is 0 Å². The summed E-state index contributed by atoms with van der Waals surface area (Å²) >= 11 is 5.98. The third kappa shape index (κ3) is 5.46. The molecule has 0 spiro atoms. The zero-order valence-electron chi connectivity index (χ0n) is 14.0. The fourth-order valence-electron chi connectivity index (χ4n) is 1.96. The first kappa shape index (κ1) is 18.7. The highest BCUT2D eigenvalue weighted by molar-refractivity contribution is 6.34. The van der Waals surface area contributed by atoms with Gasteiger partial charge in [0.15, 0.2) is 0 Å². The second kappa shape index (κ2) is 7.53. The molecule has 0 atom stereocenters. The maximum Gasteiger partial charge on any atom is 0.412 e. The molecule has 0 radical (unpaired) electrons. The van der Waals surface area contributed by atoms with E-state index in [1.807, 2.05) is 0 Å². The van der Waals surface area contributed by atoms with Crippen molar-refractivity contribution in [3.63, 3.8) is 0 Å². The number of rotatable bonds is 3. The molecular weight excluding hydrogens is 347 g/mol. The summed E-state index contributed by atoms with van der Waals surface area (Å²) in [7, 11) is 0. The molecule has 2 amide bonds. The maximum atomic E-state index is 13.9. The second-order valence-corrected chi connectivity index (χ2v) is 6.66. The minimum atomic E-state index is -0.791. The lowest BCUT2D eigenvalue weighted by atomic mass is 10.2. The summed E-state index contributed by atoms with van der Waals surface area (Å²) in [5, 5.41) is 5.22. The monoisotopic (exact) mass is 364 g/mol. The van der Waals surface area contributed by atoms with E-state index >= 15 is 0 Å². The minimum Gasteiger partial charge on any atom is -0.444 e. The largest absolute Gasteiger partial charge is 0.444 e. The Kier molecular flexibility index (Phi) is 5.64. The molecule has 2 rings (SSSR count). The van der Waals surface area contributed by atoms with Crippen LogP contribution in [0.5, 0.6) is 0 Å². The molecule has 0 aliphatic rings. The van der Waals surface area contributed by atoms with Crippen molar-refractivity contribution in [2.24, 2.45) is 0 Å². The Morgan fingerprint density at radius 3 is 2.40 bits per heavy atom. The maximum absolute atomic E-state index is 13.9. The molecule has 0 aliphatic heterocycles. The molecular formula is C18H18ClFN2O3. The summed E-state index contributed by atoms with van der Waals surface area (Å²) in [4.78, 5) is 24.0. The fourth-order valence-corrected chi connectivity index (χ4v) is 2.18. The summed E-state index contributed by atoms with van der Waals surface area (Å²) < 4.78 is 19.0. The Morgan fingerprint density at radius 1 is 1.08 bits per heavy atom. The molecule has 5 nitrogen and oxygen atoms in total. The smallest absolute Gasteiger partial charge is 0.412 e. The van der Waals surface area contributed by atoms with E-state index in [1.54, 1.807) is 45.0 Å². The van der Waals surface area contributed by atoms with Gasteiger partial charge in [-0.2, -0.15) is 0 Å². The number of carbonyl (C=O) groups excluding carboxylic acids is 2. The molecule has 0 saturated carbocycles. The normalized spacial score (nSPS) is 10.9. The molecule has 0 fully saturated rings. The van der Waals surface area contributed by atoms with Crippen molar-refractivity contribution in [1.29, 1.82) is 0 Å². The Hall–Kier alpha value is -2.60. The van der Waals surface area contributed by atoms with Crippen LogP contribution in [-0.2, 0) is 4.74 Å². The summed E-state index contributed by atoms with van der Waals surface area (Å²) in [6.45, 7) is 5.09. The number of nitrogens with one attached hydrogen (secondary N) is 2. The molecule has 25 heavy (non-hydrogen) atoms. The van der Waals surface area contributed by atoms with Gasteiger partial charge in [-0.15, -0.1) is 0 Å². The van der Waals surface area contributed by atoms with Gasteiger partial charge in [0.2, 0.25) is 0 Å². The zero-order valence-corrected chi connectivity index (χ0v) is 14.8. The highest BCUT2D eigenvalue weighted by Crippen LogP contribution is 2.22. The third-order valence-corrected chi connectivity index (χ3v) is 3.31. The predicted molar refractivity (Wildman–Crippen MR) is 95.7 cm³/mol. The van der Waals surface area contributed by atoms with Gasteiger partial charge in [-0.3, -0.25) is 10.1 Å². The summed E-state index contributed by atoms with van der Waals surface area (Å²) in [5.41, 5.74) is -0.227. The third-order valence-electron chi connectivity index (χ3n) is 2.98. The summed E-state index contributed by atoms with van der Waals surface area (Å²) in [6, 6.07) is 10.4. The van der Waals surface area contributed by atoms with Crippen molar-refractivity contribution >= 4 is 35.0 Å². The van der Waals surface area contributed by atoms with E-state index in [9.17, 15) is 14.0 Å². The topological polar surface area (TPSA) is 67.4 Å². The lowest BCUT2D eigenvalue weighted by Crippen LogP contribution is -2.27. The van der Waals surface area contributed by atoms with Crippen molar-refractivity contribution < 1.29 is 18.7 Å². The molecule has 2 N–H and O–H groups in total. The van der Waals surface area contributed by atoms with Crippen LogP contribution in [0.15, 0.2) is 42.5 Å². The molecule has 7 heteroatoms. The Morgan fingerprint density at radius 2 is 1.76 bits per heavy atom. The van der Waals surface area contributed by atoms with Gasteiger partial charge in [0.25, 0.3) is 5.91 Å². The van der Waals surface area contributed by atoms with Crippen LogP contribution in [0.4, 0.5) is 20.6 Å². The van der Waals surface area contributed by atoms with E-state index in [-0.39, 0.29) is 11.3 Å². The first-order valence-corrected chi connectivity index (χ1v) is 7.89. The average Bonchev–Trinajstić information content (AvgIpc) is 2.49. The number of anilines is 2. The number of amides is 2. The van der Waals surface area contributed by atoms with Crippen molar-refractivity contribution in [3.05, 3.63) is 58.9 Å². The lowest BCUT2D eigenvalue weighted by molar-refractivity contribution is 0.0635. The van der Waals surface area contributed by atoms with Crippen LogP contribution < -0.4 is 10.6 Å². The fraction of sp³-hybridized carbons (Fsp3) is 0.222. The molecule has 0 bridgehead atoms. The van der Waals surface area contributed by atoms with E-state index in [0.717, 1.165) is 6.07 Å². The summed E-state index contributed by atoms with van der Waals surface area (Å²) in [6.07, 6.45) is -0.791. The van der Waals surface area contributed by atoms with E-state index < -0.39 is 23.4 Å². The number of hydrogen-bond donors (Lipinski definition) is 2. The Bertz CT molecular complexity index is 803. The Balaban J connectivity index is 2.14. The van der Waals surface area contributed by atoms with Crippen molar-refractivity contribution in [1.82, 2.24) is 0 Å². The first-order chi connectivity index (χ1) is 11.7. The highest BCUT2D eigenvalue weighted by Gasteiger charge is 2.18. The van der Waals surface area contributed by atoms with Crippen LogP contribution >= 0.6 is 11.6 Å². The molecule has 2 aromatic rings. The summed E-state index contributed by atoms with van der Waals surface area (Å²) in [5.74, 6) is -1.10. The lowest BCUT2D eigenvalue weighted by Gasteiger charge is -2.20. The van der Waals surface area contributed by atoms with Gasteiger partial charge in [-0.25, -0.2) is 9.18 Å². The van der Waals surface area contributed by atoms with Gasteiger partial charge in [0, 0.05) is 5.69 Å². The predicted octanol–water partition coefficient (Wildman–Crippen LogP) is 5.08. The second-order valence-electron chi connectivity index (χ2n) is 6.26. The van der Waals surface area contributed by atoms with Gasteiger partial charge in [0.05, 0.1) is 16.3 Å². The number of carbonyl (C=O) groups is 2. The van der Waals surface area contributed by atoms with Crippen LogP contribution in [0.25, 0.3) is 0 Å². The highest BCUT2D eigenvalue weighted by atomic mass is 35.5. The van der Waals surface area contributed by atoms with Crippen LogP contribution in [-0.4, -0.2) is 17.6 Å². The quantitative estimate of drug-likeness (QED) is 0.798. The molecule has 0 saturated heterocycles. The molecule has 0 unspecified atom stereocenters. The van der Waals surface area contributed by atoms with Crippen LogP contribution in [0.1, 0.15) is 31.1 Å². The van der Waals surface area contributed by atoms with Gasteiger partial charge < -0.3 is 10.1 Å². The van der Waals surface area contributed by atoms with Gasteiger partial charge in [0.1, 0.15) is 11.4 Å². The SMILES string of the molecule is CC(C)(C)OC(=O)Nc1cc(NC(=O)c2ccccc2Cl)ccc1F. The standard InChI is InChI=1S/C18H18ClFN2O3/c1-18(2,3)25-17(24)22-15-10-11(8-9-14(15)20)21-16(23)12-6-4-5-7-13(12)19/h4-10H,1-3H3,(H,21,23)(H,22,24). The van der Waals surface area contributed by atoms with Crippen LogP contribution in [0.3, 0.4) is 0 Å². The molecule has 0 heterocycles. The number of ether oxygens (including phenoxy) is 1. The molecule has 0 aliphatic carbocycles. The Labute approximate surface area is 150 Å².